The summed E-state index contributed by atoms with van der Waals surface area (Å²) < 4.78 is 55.4. The highest BCUT2D eigenvalue weighted by Crippen LogP contribution is 2.41. The number of sulfonamides is 1. The van der Waals surface area contributed by atoms with Gasteiger partial charge in [-0.3, -0.25) is 0 Å². The number of nitrogens with zero attached hydrogens (tertiary/aromatic N) is 2. The lowest BCUT2D eigenvalue weighted by molar-refractivity contribution is 0.0925. The normalized spacial score (nSPS) is 16.1. The fourth-order valence-corrected chi connectivity index (χ4v) is 5.20. The molecule has 2 heterocycles. The Labute approximate surface area is 211 Å². The Morgan fingerprint density at radius 3 is 2.39 bits per heavy atom. The molecule has 1 aromatic heterocycles. The van der Waals surface area contributed by atoms with Crippen molar-refractivity contribution >= 4 is 16.1 Å². The zero-order valence-electron chi connectivity index (χ0n) is 20.5. The fraction of sp³-hybridized carbons (Fsp3) is 0.346. The van der Waals surface area contributed by atoms with Gasteiger partial charge in [-0.2, -0.15) is 4.31 Å². The number of hydrogen-bond donors (Lipinski definition) is 0. The predicted molar refractivity (Wildman–Crippen MR) is 135 cm³/mol. The summed E-state index contributed by atoms with van der Waals surface area (Å²) in [4.78, 5) is 0. The van der Waals surface area contributed by atoms with Crippen LogP contribution in [0.15, 0.2) is 58.5 Å². The number of benzene rings is 2. The smallest absolute Gasteiger partial charge is 0.236 e. The second-order valence-electron chi connectivity index (χ2n) is 8.28. The van der Waals surface area contributed by atoms with E-state index >= 15 is 0 Å². The molecule has 1 aliphatic heterocycles. The van der Waals surface area contributed by atoms with Crippen molar-refractivity contribution in [2.24, 2.45) is 0 Å². The number of ether oxygens (including phenoxy) is 4. The molecule has 0 unspecified atom stereocenters. The van der Waals surface area contributed by atoms with E-state index in [1.54, 1.807) is 24.3 Å². The van der Waals surface area contributed by atoms with Crippen molar-refractivity contribution in [2.45, 2.75) is 25.5 Å². The first kappa shape index (κ1) is 25.7. The lowest BCUT2D eigenvalue weighted by Gasteiger charge is -2.22. The average Bonchev–Trinajstić information content (AvgIpc) is 3.59. The van der Waals surface area contributed by atoms with E-state index < -0.39 is 10.0 Å². The molecule has 1 fully saturated rings. The molecule has 0 spiro atoms. The monoisotopic (exact) mass is 514 g/mol. The van der Waals surface area contributed by atoms with Gasteiger partial charge in [0, 0.05) is 30.2 Å². The number of aromatic nitrogens is 1. The number of hydrogen-bond acceptors (Lipinski definition) is 8. The molecule has 4 rings (SSSR count). The van der Waals surface area contributed by atoms with Crippen LogP contribution in [0.1, 0.15) is 24.1 Å². The van der Waals surface area contributed by atoms with Crippen LogP contribution in [0, 0.1) is 0 Å². The van der Waals surface area contributed by atoms with Gasteiger partial charge in [0.15, 0.2) is 17.3 Å². The summed E-state index contributed by atoms with van der Waals surface area (Å²) in [5.74, 6) is 1.85. The summed E-state index contributed by atoms with van der Waals surface area (Å²) in [6.45, 7) is 0.900. The fourth-order valence-electron chi connectivity index (χ4n) is 4.02. The van der Waals surface area contributed by atoms with Gasteiger partial charge in [0.25, 0.3) is 0 Å². The summed E-state index contributed by atoms with van der Waals surface area (Å²) in [6.07, 6.45) is 3.14. The van der Waals surface area contributed by atoms with E-state index in [0.717, 1.165) is 18.4 Å². The van der Waals surface area contributed by atoms with Crippen LogP contribution in [0.3, 0.4) is 0 Å². The summed E-state index contributed by atoms with van der Waals surface area (Å²) in [6, 6.07) is 14.5. The van der Waals surface area contributed by atoms with Gasteiger partial charge in [-0.1, -0.05) is 35.5 Å². The van der Waals surface area contributed by atoms with Crippen LogP contribution in [0.2, 0.25) is 0 Å². The molecule has 0 saturated carbocycles. The van der Waals surface area contributed by atoms with Gasteiger partial charge in [-0.05, 0) is 36.6 Å². The molecule has 192 valence electrons. The Bertz CT molecular complexity index is 1260. The van der Waals surface area contributed by atoms with E-state index in [0.29, 0.717) is 40.9 Å². The molecule has 0 N–H and O–H groups in total. The van der Waals surface area contributed by atoms with E-state index in [4.69, 9.17) is 23.5 Å². The second-order valence-corrected chi connectivity index (χ2v) is 10.1. The molecule has 10 heteroatoms. The molecule has 0 aliphatic carbocycles. The molecule has 2 aromatic carbocycles. The molecule has 0 amide bonds. The van der Waals surface area contributed by atoms with Crippen molar-refractivity contribution in [3.05, 3.63) is 65.2 Å². The average molecular weight is 515 g/mol. The van der Waals surface area contributed by atoms with Gasteiger partial charge in [0.05, 0.1) is 39.7 Å². The number of methoxy groups -OCH3 is 3. The zero-order valence-corrected chi connectivity index (χ0v) is 21.4. The van der Waals surface area contributed by atoms with Gasteiger partial charge in [-0.25, -0.2) is 8.42 Å². The minimum atomic E-state index is -3.76. The van der Waals surface area contributed by atoms with E-state index in [1.165, 1.54) is 31.0 Å². The van der Waals surface area contributed by atoms with Crippen molar-refractivity contribution in [3.8, 4) is 28.6 Å². The quantitative estimate of drug-likeness (QED) is 0.372. The van der Waals surface area contributed by atoms with Crippen LogP contribution in [-0.2, 0) is 21.3 Å². The first-order chi connectivity index (χ1) is 17.4. The minimum absolute atomic E-state index is 0.0370. The Morgan fingerprint density at radius 1 is 1.06 bits per heavy atom. The van der Waals surface area contributed by atoms with Crippen LogP contribution in [-0.4, -0.2) is 58.5 Å². The summed E-state index contributed by atoms with van der Waals surface area (Å²) >= 11 is 0. The van der Waals surface area contributed by atoms with Crippen molar-refractivity contribution in [1.29, 1.82) is 0 Å². The Kier molecular flexibility index (Phi) is 8.29. The maximum absolute atomic E-state index is 13.3. The third-order valence-electron chi connectivity index (χ3n) is 5.87. The topological polar surface area (TPSA) is 100 Å². The predicted octanol–water partition coefficient (Wildman–Crippen LogP) is 4.35. The summed E-state index contributed by atoms with van der Waals surface area (Å²) in [5.41, 5.74) is 1.92. The first-order valence-electron chi connectivity index (χ1n) is 11.5. The van der Waals surface area contributed by atoms with Gasteiger partial charge in [0.2, 0.25) is 15.8 Å². The van der Waals surface area contributed by atoms with Crippen LogP contribution in [0.5, 0.6) is 17.2 Å². The highest BCUT2D eigenvalue weighted by molar-refractivity contribution is 7.92. The van der Waals surface area contributed by atoms with Gasteiger partial charge >= 0.3 is 0 Å². The molecule has 0 bridgehead atoms. The van der Waals surface area contributed by atoms with Gasteiger partial charge in [-0.15, -0.1) is 0 Å². The van der Waals surface area contributed by atoms with Crippen molar-refractivity contribution < 1.29 is 31.9 Å². The largest absolute Gasteiger partial charge is 0.493 e. The van der Waals surface area contributed by atoms with Crippen molar-refractivity contribution in [3.63, 3.8) is 0 Å². The van der Waals surface area contributed by atoms with E-state index in [1.807, 2.05) is 30.3 Å². The van der Waals surface area contributed by atoms with Crippen molar-refractivity contribution in [1.82, 2.24) is 9.46 Å². The molecule has 1 atom stereocenters. The van der Waals surface area contributed by atoms with E-state index in [2.05, 4.69) is 5.16 Å². The van der Waals surface area contributed by atoms with Crippen LogP contribution in [0.4, 0.5) is 0 Å². The molecule has 1 saturated heterocycles. The molecule has 9 nitrogen and oxygen atoms in total. The molecule has 1 aliphatic rings. The van der Waals surface area contributed by atoms with Crippen LogP contribution in [0.25, 0.3) is 17.4 Å². The zero-order chi connectivity index (χ0) is 25.5. The number of rotatable bonds is 11. The van der Waals surface area contributed by atoms with Gasteiger partial charge in [0.1, 0.15) is 0 Å². The second kappa shape index (κ2) is 11.6. The van der Waals surface area contributed by atoms with Gasteiger partial charge < -0.3 is 23.5 Å². The third-order valence-corrected chi connectivity index (χ3v) is 7.35. The summed E-state index contributed by atoms with van der Waals surface area (Å²) in [5, 5.41) is 5.35. The van der Waals surface area contributed by atoms with Crippen LogP contribution >= 0.6 is 0 Å². The lowest BCUT2D eigenvalue weighted by Crippen LogP contribution is -2.35. The molecule has 3 aromatic rings. The van der Waals surface area contributed by atoms with Crippen molar-refractivity contribution in [2.75, 3.05) is 34.5 Å². The van der Waals surface area contributed by atoms with Crippen LogP contribution < -0.4 is 14.2 Å². The maximum Gasteiger partial charge on any atom is 0.236 e. The third kappa shape index (κ3) is 6.07. The highest BCUT2D eigenvalue weighted by Gasteiger charge is 2.27. The van der Waals surface area contributed by atoms with E-state index in [-0.39, 0.29) is 19.2 Å². The molecule has 0 radical (unpaired) electrons. The Hall–Kier alpha value is -3.34. The molecular formula is C26H30N2O7S. The minimum Gasteiger partial charge on any atom is -0.493 e. The standard InChI is InChI=1S/C26H30N2O7S/c1-31-24-14-20(15-25(32-2)26(24)33-3)23-16-21(27-35-23)17-28(18-22-10-7-12-34-22)36(29,30)13-11-19-8-5-4-6-9-19/h4-6,8-9,11,13-16,22H,7,10,12,17-18H2,1-3H3/b13-11+/t22-/m1/s1. The maximum atomic E-state index is 13.3. The lowest BCUT2D eigenvalue weighted by atomic mass is 10.1. The first-order valence-corrected chi connectivity index (χ1v) is 13.0. The molecular weight excluding hydrogens is 484 g/mol. The SMILES string of the molecule is COc1cc(-c2cc(CN(C[C@H]3CCCO3)S(=O)(=O)/C=C/c3ccccc3)no2)cc(OC)c1OC. The Morgan fingerprint density at radius 2 is 1.78 bits per heavy atom. The highest BCUT2D eigenvalue weighted by atomic mass is 32.2. The molecule has 36 heavy (non-hydrogen) atoms. The summed E-state index contributed by atoms with van der Waals surface area (Å²) in [7, 11) is 0.835. The Balaban J connectivity index is 1.59. The van der Waals surface area contributed by atoms with E-state index in [9.17, 15) is 8.42 Å².